The second-order valence-electron chi connectivity index (χ2n) is 5.76. The molecule has 0 aliphatic rings. The fourth-order valence-corrected chi connectivity index (χ4v) is 2.34. The van der Waals surface area contributed by atoms with Crippen LogP contribution in [0.15, 0.2) is 12.2 Å². The standard InChI is InChI=1S/C18H36N2O2/c1-3-5-10-13-18(22)19-14-16-20(4-2)15-11-8-6-7-9-12-17-21/h10,13,21H,3-9,11-12,14-17H2,1-2H3,(H,19,22)/b13-10+. The van der Waals surface area contributed by atoms with Crippen molar-refractivity contribution in [2.75, 3.05) is 32.8 Å². The van der Waals surface area contributed by atoms with Crippen molar-refractivity contribution in [3.63, 3.8) is 0 Å². The minimum absolute atomic E-state index is 0.0217. The van der Waals surface area contributed by atoms with Crippen LogP contribution in [-0.2, 0) is 4.79 Å². The van der Waals surface area contributed by atoms with Crippen LogP contribution in [0.1, 0.15) is 65.2 Å². The fourth-order valence-electron chi connectivity index (χ4n) is 2.34. The van der Waals surface area contributed by atoms with E-state index in [1.54, 1.807) is 6.08 Å². The molecule has 0 saturated heterocycles. The van der Waals surface area contributed by atoms with Gasteiger partial charge in [-0.15, -0.1) is 0 Å². The van der Waals surface area contributed by atoms with Crippen LogP contribution in [0.5, 0.6) is 0 Å². The summed E-state index contributed by atoms with van der Waals surface area (Å²) in [7, 11) is 0. The first-order valence-corrected chi connectivity index (χ1v) is 9.02. The zero-order valence-corrected chi connectivity index (χ0v) is 14.6. The maximum atomic E-state index is 11.5. The SMILES string of the molecule is CCC/C=C/C(=O)NCCN(CC)CCCCCCCCO. The van der Waals surface area contributed by atoms with Crippen molar-refractivity contribution in [3.8, 4) is 0 Å². The summed E-state index contributed by atoms with van der Waals surface area (Å²) in [6.45, 7) is 8.39. The van der Waals surface area contributed by atoms with Crippen molar-refractivity contribution in [1.29, 1.82) is 0 Å². The molecule has 0 fully saturated rings. The topological polar surface area (TPSA) is 52.6 Å². The predicted molar refractivity (Wildman–Crippen MR) is 94.0 cm³/mol. The summed E-state index contributed by atoms with van der Waals surface area (Å²) in [5, 5.41) is 11.7. The molecule has 0 aliphatic heterocycles. The molecule has 4 nitrogen and oxygen atoms in total. The number of amides is 1. The molecule has 0 radical (unpaired) electrons. The number of aliphatic hydroxyl groups excluding tert-OH is 1. The number of allylic oxidation sites excluding steroid dienone is 1. The maximum absolute atomic E-state index is 11.5. The number of likely N-dealkylation sites (N-methyl/N-ethyl adjacent to an activating group) is 1. The maximum Gasteiger partial charge on any atom is 0.243 e. The average molecular weight is 312 g/mol. The zero-order chi connectivity index (χ0) is 16.5. The molecule has 0 saturated carbocycles. The highest BCUT2D eigenvalue weighted by Gasteiger charge is 2.02. The van der Waals surface area contributed by atoms with E-state index in [9.17, 15) is 4.79 Å². The van der Waals surface area contributed by atoms with E-state index >= 15 is 0 Å². The van der Waals surface area contributed by atoms with Gasteiger partial charge in [0.15, 0.2) is 0 Å². The Morgan fingerprint density at radius 3 is 2.36 bits per heavy atom. The monoisotopic (exact) mass is 312 g/mol. The third-order valence-electron chi connectivity index (χ3n) is 3.78. The van der Waals surface area contributed by atoms with Gasteiger partial charge in [0.25, 0.3) is 0 Å². The van der Waals surface area contributed by atoms with E-state index in [1.165, 1.54) is 25.7 Å². The second kappa shape index (κ2) is 16.5. The van der Waals surface area contributed by atoms with Gasteiger partial charge in [0.1, 0.15) is 0 Å². The van der Waals surface area contributed by atoms with Gasteiger partial charge in [-0.3, -0.25) is 4.79 Å². The molecule has 0 bridgehead atoms. The van der Waals surface area contributed by atoms with Gasteiger partial charge in [0.05, 0.1) is 0 Å². The number of nitrogens with one attached hydrogen (secondary N) is 1. The van der Waals surface area contributed by atoms with Crippen molar-refractivity contribution in [1.82, 2.24) is 10.2 Å². The number of carbonyl (C=O) groups excluding carboxylic acids is 1. The van der Waals surface area contributed by atoms with Crippen molar-refractivity contribution < 1.29 is 9.90 Å². The van der Waals surface area contributed by atoms with Gasteiger partial charge in [-0.05, 0) is 38.4 Å². The largest absolute Gasteiger partial charge is 0.396 e. The lowest BCUT2D eigenvalue weighted by Crippen LogP contribution is -2.34. The number of nitrogens with zero attached hydrogens (tertiary/aromatic N) is 1. The van der Waals surface area contributed by atoms with Gasteiger partial charge < -0.3 is 15.3 Å². The molecule has 2 N–H and O–H groups in total. The molecule has 0 aromatic rings. The lowest BCUT2D eigenvalue weighted by molar-refractivity contribution is -0.116. The van der Waals surface area contributed by atoms with Crippen molar-refractivity contribution >= 4 is 5.91 Å². The van der Waals surface area contributed by atoms with Crippen LogP contribution in [0.3, 0.4) is 0 Å². The van der Waals surface area contributed by atoms with Gasteiger partial charge in [0.2, 0.25) is 5.91 Å². The van der Waals surface area contributed by atoms with E-state index in [0.717, 1.165) is 51.9 Å². The van der Waals surface area contributed by atoms with E-state index in [2.05, 4.69) is 24.1 Å². The van der Waals surface area contributed by atoms with Crippen LogP contribution in [0.4, 0.5) is 0 Å². The van der Waals surface area contributed by atoms with Crippen molar-refractivity contribution in [2.45, 2.75) is 65.2 Å². The fraction of sp³-hybridized carbons (Fsp3) is 0.833. The Morgan fingerprint density at radius 2 is 1.73 bits per heavy atom. The minimum Gasteiger partial charge on any atom is -0.396 e. The first-order chi connectivity index (χ1) is 10.7. The molecule has 0 spiro atoms. The highest BCUT2D eigenvalue weighted by atomic mass is 16.2. The smallest absolute Gasteiger partial charge is 0.243 e. The molecular formula is C18H36N2O2. The first kappa shape index (κ1) is 21.1. The molecule has 22 heavy (non-hydrogen) atoms. The summed E-state index contributed by atoms with van der Waals surface area (Å²) in [5.41, 5.74) is 0. The summed E-state index contributed by atoms with van der Waals surface area (Å²) in [6, 6.07) is 0. The van der Waals surface area contributed by atoms with E-state index in [4.69, 9.17) is 5.11 Å². The van der Waals surface area contributed by atoms with Gasteiger partial charge in [0, 0.05) is 19.7 Å². The molecule has 0 aliphatic carbocycles. The van der Waals surface area contributed by atoms with Gasteiger partial charge in [-0.1, -0.05) is 52.0 Å². The second-order valence-corrected chi connectivity index (χ2v) is 5.76. The number of carbonyl (C=O) groups is 1. The zero-order valence-electron chi connectivity index (χ0n) is 14.6. The van der Waals surface area contributed by atoms with Gasteiger partial charge in [-0.25, -0.2) is 0 Å². The van der Waals surface area contributed by atoms with Crippen LogP contribution in [-0.4, -0.2) is 48.7 Å². The van der Waals surface area contributed by atoms with E-state index in [0.29, 0.717) is 6.61 Å². The molecular weight excluding hydrogens is 276 g/mol. The van der Waals surface area contributed by atoms with Crippen molar-refractivity contribution in [2.24, 2.45) is 0 Å². The number of hydrogen-bond donors (Lipinski definition) is 2. The van der Waals surface area contributed by atoms with Crippen LogP contribution < -0.4 is 5.32 Å². The number of rotatable bonds is 15. The van der Waals surface area contributed by atoms with E-state index < -0.39 is 0 Å². The Balaban J connectivity index is 3.56. The summed E-state index contributed by atoms with van der Waals surface area (Å²) >= 11 is 0. The molecule has 1 amide bonds. The van der Waals surface area contributed by atoms with Crippen LogP contribution in [0.2, 0.25) is 0 Å². The van der Waals surface area contributed by atoms with Gasteiger partial charge in [-0.2, -0.15) is 0 Å². The number of aliphatic hydroxyl groups is 1. The number of unbranched alkanes of at least 4 members (excludes halogenated alkanes) is 6. The lowest BCUT2D eigenvalue weighted by atomic mass is 10.1. The molecule has 0 aromatic heterocycles. The average Bonchev–Trinajstić information content (AvgIpc) is 2.52. The molecule has 0 heterocycles. The van der Waals surface area contributed by atoms with Crippen molar-refractivity contribution in [3.05, 3.63) is 12.2 Å². The highest BCUT2D eigenvalue weighted by Crippen LogP contribution is 2.05. The molecule has 0 atom stereocenters. The Bertz CT molecular complexity index is 280. The molecule has 0 aromatic carbocycles. The summed E-state index contributed by atoms with van der Waals surface area (Å²) < 4.78 is 0. The summed E-state index contributed by atoms with van der Waals surface area (Å²) in [5.74, 6) is 0.0217. The highest BCUT2D eigenvalue weighted by molar-refractivity contribution is 5.87. The van der Waals surface area contributed by atoms with Crippen LogP contribution >= 0.6 is 0 Å². The minimum atomic E-state index is 0.0217. The lowest BCUT2D eigenvalue weighted by Gasteiger charge is -2.20. The first-order valence-electron chi connectivity index (χ1n) is 9.02. The van der Waals surface area contributed by atoms with E-state index in [-0.39, 0.29) is 5.91 Å². The van der Waals surface area contributed by atoms with Gasteiger partial charge >= 0.3 is 0 Å². The van der Waals surface area contributed by atoms with Crippen LogP contribution in [0, 0.1) is 0 Å². The molecule has 130 valence electrons. The molecule has 4 heteroatoms. The normalized spacial score (nSPS) is 11.5. The Labute approximate surface area is 137 Å². The predicted octanol–water partition coefficient (Wildman–Crippen LogP) is 3.11. The van der Waals surface area contributed by atoms with Crippen LogP contribution in [0.25, 0.3) is 0 Å². The molecule has 0 unspecified atom stereocenters. The Kier molecular flexibility index (Phi) is 15.8. The van der Waals surface area contributed by atoms with E-state index in [1.807, 2.05) is 6.08 Å². The summed E-state index contributed by atoms with van der Waals surface area (Å²) in [6.07, 6.45) is 12.7. The Morgan fingerprint density at radius 1 is 1.05 bits per heavy atom. The third kappa shape index (κ3) is 14.1. The Hall–Kier alpha value is -0.870. The summed E-state index contributed by atoms with van der Waals surface area (Å²) in [4.78, 5) is 13.9. The third-order valence-corrected chi connectivity index (χ3v) is 3.78. The number of hydrogen-bond acceptors (Lipinski definition) is 3. The quantitative estimate of drug-likeness (QED) is 0.361. The molecule has 0 rings (SSSR count).